The molecule has 0 saturated heterocycles. The fourth-order valence-corrected chi connectivity index (χ4v) is 4.26. The molecular formula is C27H24Cl2F3NO6. The monoisotopic (exact) mass is 585 g/mol. The highest BCUT2D eigenvalue weighted by atomic mass is 35.5. The second-order valence-electron chi connectivity index (χ2n) is 8.63. The van der Waals surface area contributed by atoms with Gasteiger partial charge in [-0.05, 0) is 72.0 Å². The first-order valence-electron chi connectivity index (χ1n) is 11.6. The molecule has 4 rings (SSSR count). The fraction of sp³-hybridized carbons (Fsp3) is 0.259. The number of fused-ring (bicyclic) bond motifs is 1. The van der Waals surface area contributed by atoms with Crippen molar-refractivity contribution in [2.45, 2.75) is 31.2 Å². The number of carboxylic acid groups (broad SMARTS) is 2. The van der Waals surface area contributed by atoms with Gasteiger partial charge in [0.05, 0.1) is 11.7 Å². The van der Waals surface area contributed by atoms with Gasteiger partial charge in [-0.1, -0.05) is 41.4 Å². The number of ether oxygens (including phenoxy) is 1. The van der Waals surface area contributed by atoms with Crippen molar-refractivity contribution >= 4 is 35.1 Å². The average molecular weight is 586 g/mol. The number of carboxylic acids is 2. The number of benzene rings is 3. The molecule has 0 amide bonds. The average Bonchev–Trinajstić information content (AvgIpc) is 2.89. The lowest BCUT2D eigenvalue weighted by Gasteiger charge is -2.27. The second-order valence-corrected chi connectivity index (χ2v) is 9.47. The van der Waals surface area contributed by atoms with Gasteiger partial charge in [0.2, 0.25) is 0 Å². The minimum atomic E-state index is -5.08. The Morgan fingerprint density at radius 1 is 1.00 bits per heavy atom. The van der Waals surface area contributed by atoms with Crippen LogP contribution < -0.4 is 10.1 Å². The maximum atomic E-state index is 11.0. The highest BCUT2D eigenvalue weighted by Gasteiger charge is 2.38. The molecule has 3 aromatic rings. The zero-order valence-corrected chi connectivity index (χ0v) is 21.7. The number of nitrogens with one attached hydrogen (secondary N) is 1. The van der Waals surface area contributed by atoms with Crippen molar-refractivity contribution in [1.82, 2.24) is 5.32 Å². The number of aliphatic carboxylic acids is 1. The molecule has 0 spiro atoms. The molecule has 0 radical (unpaired) electrons. The van der Waals surface area contributed by atoms with Crippen molar-refractivity contribution in [1.29, 1.82) is 0 Å². The number of aryl methyl sites for hydroxylation is 1. The second kappa shape index (κ2) is 13.2. The van der Waals surface area contributed by atoms with Crippen molar-refractivity contribution in [2.24, 2.45) is 0 Å². The van der Waals surface area contributed by atoms with E-state index in [4.69, 9.17) is 42.9 Å². The Morgan fingerprint density at radius 3 is 2.26 bits per heavy atom. The molecule has 39 heavy (non-hydrogen) atoms. The number of halogens is 5. The first-order valence-corrected chi connectivity index (χ1v) is 12.4. The van der Waals surface area contributed by atoms with Gasteiger partial charge in [-0.15, -0.1) is 0 Å². The molecule has 0 fully saturated rings. The zero-order valence-electron chi connectivity index (χ0n) is 20.2. The van der Waals surface area contributed by atoms with Crippen LogP contribution in [0.2, 0.25) is 10.0 Å². The van der Waals surface area contributed by atoms with Crippen LogP contribution in [0.1, 0.15) is 34.0 Å². The van der Waals surface area contributed by atoms with Crippen molar-refractivity contribution in [3.8, 4) is 16.9 Å². The molecule has 7 nitrogen and oxygen atoms in total. The first kappa shape index (κ1) is 30.2. The van der Waals surface area contributed by atoms with Crippen molar-refractivity contribution in [2.75, 3.05) is 13.1 Å². The number of carbonyl (C=O) groups is 2. The zero-order chi connectivity index (χ0) is 28.7. The van der Waals surface area contributed by atoms with Gasteiger partial charge in [-0.2, -0.15) is 13.2 Å². The van der Waals surface area contributed by atoms with Crippen LogP contribution in [-0.4, -0.2) is 52.6 Å². The molecule has 1 aliphatic heterocycles. The van der Waals surface area contributed by atoms with Gasteiger partial charge in [0, 0.05) is 28.7 Å². The number of rotatable bonds is 7. The van der Waals surface area contributed by atoms with Crippen LogP contribution in [-0.2, 0) is 11.2 Å². The molecule has 12 heteroatoms. The topological polar surface area (TPSA) is 116 Å². The molecule has 0 saturated carbocycles. The molecule has 0 bridgehead atoms. The Bertz CT molecular complexity index is 1320. The van der Waals surface area contributed by atoms with E-state index in [1.165, 1.54) is 0 Å². The quantitative estimate of drug-likeness (QED) is 0.268. The van der Waals surface area contributed by atoms with E-state index in [2.05, 4.69) is 11.4 Å². The number of aliphatic hydroxyl groups is 1. The summed E-state index contributed by atoms with van der Waals surface area (Å²) in [6.07, 6.45) is -4.10. The third-order valence-corrected chi connectivity index (χ3v) is 6.40. The minimum Gasteiger partial charge on any atom is -0.489 e. The van der Waals surface area contributed by atoms with E-state index in [0.717, 1.165) is 35.3 Å². The van der Waals surface area contributed by atoms with Gasteiger partial charge < -0.3 is 25.4 Å². The van der Waals surface area contributed by atoms with Crippen molar-refractivity contribution in [3.05, 3.63) is 87.4 Å². The Labute approximate surface area is 231 Å². The summed E-state index contributed by atoms with van der Waals surface area (Å²) in [5.41, 5.74) is 4.00. The molecule has 1 aliphatic rings. The standard InChI is InChI=1S/C25H23Cl2NO4.C2HF3O2/c26-19-7-9-22(27)21(12-19)23(29)14-28-13-20-8-5-18-11-17(6-10-24(18)32-20)15-1-3-16(4-2-15)25(30)31;3-2(4,5)1(6)7/h1-4,6-7,9-12,20,23,28-29H,5,8,13-14H2,(H,30,31);(H,6,7)/t20-,23?;/m1./s1. The SMILES string of the molecule is O=C(O)C(F)(F)F.O=C(O)c1ccc(-c2ccc3c(c2)CC[C@H](CNCC(O)c2cc(Cl)ccc2Cl)O3)cc1. The fourth-order valence-electron chi connectivity index (χ4n) is 3.83. The summed E-state index contributed by atoms with van der Waals surface area (Å²) in [4.78, 5) is 19.9. The third kappa shape index (κ3) is 8.59. The summed E-state index contributed by atoms with van der Waals surface area (Å²) in [6.45, 7) is 0.950. The van der Waals surface area contributed by atoms with Crippen LogP contribution in [0.5, 0.6) is 5.75 Å². The van der Waals surface area contributed by atoms with Gasteiger partial charge >= 0.3 is 18.1 Å². The van der Waals surface area contributed by atoms with Crippen LogP contribution >= 0.6 is 23.2 Å². The number of hydrogen-bond acceptors (Lipinski definition) is 5. The summed E-state index contributed by atoms with van der Waals surface area (Å²) in [7, 11) is 0. The maximum absolute atomic E-state index is 11.0. The van der Waals surface area contributed by atoms with E-state index in [0.29, 0.717) is 28.7 Å². The Morgan fingerprint density at radius 2 is 1.64 bits per heavy atom. The minimum absolute atomic E-state index is 0.00485. The number of hydrogen-bond donors (Lipinski definition) is 4. The van der Waals surface area contributed by atoms with Gasteiger partial charge in [-0.25, -0.2) is 9.59 Å². The lowest BCUT2D eigenvalue weighted by atomic mass is 9.96. The third-order valence-electron chi connectivity index (χ3n) is 5.82. The van der Waals surface area contributed by atoms with Gasteiger partial charge in [-0.3, -0.25) is 0 Å². The Kier molecular flexibility index (Phi) is 10.2. The van der Waals surface area contributed by atoms with E-state index in [9.17, 15) is 23.1 Å². The molecule has 1 heterocycles. The number of aliphatic hydroxyl groups excluding tert-OH is 1. The Balaban J connectivity index is 0.000000532. The molecule has 0 aliphatic carbocycles. The lowest BCUT2D eigenvalue weighted by Crippen LogP contribution is -2.36. The smallest absolute Gasteiger partial charge is 0.489 e. The van der Waals surface area contributed by atoms with E-state index in [1.54, 1.807) is 30.3 Å². The molecule has 4 N–H and O–H groups in total. The number of aromatic carboxylic acids is 1. The summed E-state index contributed by atoms with van der Waals surface area (Å²) in [6, 6.07) is 17.9. The molecular weight excluding hydrogens is 562 g/mol. The summed E-state index contributed by atoms with van der Waals surface area (Å²) < 4.78 is 37.9. The highest BCUT2D eigenvalue weighted by molar-refractivity contribution is 6.33. The molecule has 0 aromatic heterocycles. The largest absolute Gasteiger partial charge is 0.490 e. The maximum Gasteiger partial charge on any atom is 0.490 e. The molecule has 3 aromatic carbocycles. The summed E-state index contributed by atoms with van der Waals surface area (Å²) >= 11 is 12.2. The van der Waals surface area contributed by atoms with Gasteiger partial charge in [0.15, 0.2) is 0 Å². The van der Waals surface area contributed by atoms with Crippen LogP contribution in [0.15, 0.2) is 60.7 Å². The van der Waals surface area contributed by atoms with Gasteiger partial charge in [0.25, 0.3) is 0 Å². The molecule has 1 unspecified atom stereocenters. The van der Waals surface area contributed by atoms with E-state index < -0.39 is 24.2 Å². The van der Waals surface area contributed by atoms with Crippen LogP contribution in [0.3, 0.4) is 0 Å². The Hall–Kier alpha value is -3.31. The van der Waals surface area contributed by atoms with Crippen LogP contribution in [0.4, 0.5) is 13.2 Å². The van der Waals surface area contributed by atoms with Crippen molar-refractivity contribution < 1.29 is 42.8 Å². The van der Waals surface area contributed by atoms with Crippen molar-refractivity contribution in [3.63, 3.8) is 0 Å². The number of alkyl halides is 3. The van der Waals surface area contributed by atoms with E-state index in [-0.39, 0.29) is 11.7 Å². The summed E-state index contributed by atoms with van der Waals surface area (Å²) in [5, 5.41) is 30.9. The lowest BCUT2D eigenvalue weighted by molar-refractivity contribution is -0.192. The highest BCUT2D eigenvalue weighted by Crippen LogP contribution is 2.32. The van der Waals surface area contributed by atoms with Crippen LogP contribution in [0, 0.1) is 0 Å². The molecule has 2 atom stereocenters. The van der Waals surface area contributed by atoms with Gasteiger partial charge in [0.1, 0.15) is 11.9 Å². The summed E-state index contributed by atoms with van der Waals surface area (Å²) in [5.74, 6) is -2.84. The predicted octanol–water partition coefficient (Wildman–Crippen LogP) is 6.01. The predicted molar refractivity (Wildman–Crippen MR) is 140 cm³/mol. The van der Waals surface area contributed by atoms with E-state index in [1.807, 2.05) is 24.3 Å². The van der Waals surface area contributed by atoms with E-state index >= 15 is 0 Å². The molecule has 208 valence electrons. The van der Waals surface area contributed by atoms with Crippen LogP contribution in [0.25, 0.3) is 11.1 Å². The first-order chi connectivity index (χ1) is 18.3. The normalized spacial score (nSPS) is 15.3.